The van der Waals surface area contributed by atoms with Gasteiger partial charge in [-0.3, -0.25) is 4.79 Å². The number of rotatable bonds is 3. The molecule has 0 atom stereocenters. The van der Waals surface area contributed by atoms with Crippen LogP contribution in [0.25, 0.3) is 0 Å². The normalized spacial score (nSPS) is 14.8. The molecular weight excluding hydrogens is 262 g/mol. The highest BCUT2D eigenvalue weighted by Gasteiger charge is 2.15. The Balaban J connectivity index is 1.80. The van der Waals surface area contributed by atoms with Crippen LogP contribution in [0.15, 0.2) is 54.6 Å². The number of amides is 1. The summed E-state index contributed by atoms with van der Waals surface area (Å²) in [6.45, 7) is 3.86. The summed E-state index contributed by atoms with van der Waals surface area (Å²) in [5.41, 5.74) is 2.63. The molecule has 1 aliphatic rings. The molecule has 2 N–H and O–H groups in total. The van der Waals surface area contributed by atoms with Crippen LogP contribution in [-0.4, -0.2) is 32.1 Å². The first kappa shape index (κ1) is 13.6. The van der Waals surface area contributed by atoms with Gasteiger partial charge in [0, 0.05) is 31.7 Å². The van der Waals surface area contributed by atoms with Crippen LogP contribution in [0.3, 0.4) is 0 Å². The molecule has 3 rings (SSSR count). The van der Waals surface area contributed by atoms with Crippen molar-refractivity contribution in [1.29, 1.82) is 0 Å². The van der Waals surface area contributed by atoms with E-state index in [0.29, 0.717) is 5.56 Å². The molecule has 4 heteroatoms. The monoisotopic (exact) mass is 281 g/mol. The maximum atomic E-state index is 12.3. The number of para-hydroxylation sites is 2. The predicted octanol–water partition coefficient (Wildman–Crippen LogP) is 2.35. The van der Waals surface area contributed by atoms with E-state index in [1.165, 1.54) is 0 Å². The highest BCUT2D eigenvalue weighted by atomic mass is 16.1. The summed E-state index contributed by atoms with van der Waals surface area (Å²) in [7, 11) is 0. The van der Waals surface area contributed by atoms with E-state index < -0.39 is 0 Å². The van der Waals surface area contributed by atoms with Crippen molar-refractivity contribution in [2.24, 2.45) is 0 Å². The van der Waals surface area contributed by atoms with Crippen molar-refractivity contribution in [3.63, 3.8) is 0 Å². The summed E-state index contributed by atoms with van der Waals surface area (Å²) in [5, 5.41) is 6.36. The minimum atomic E-state index is -0.0711. The van der Waals surface area contributed by atoms with Gasteiger partial charge in [0.2, 0.25) is 0 Å². The molecule has 2 aromatic carbocycles. The SMILES string of the molecule is O=C(Nc1ccccc1N1CCNCC1)c1ccccc1. The number of nitrogens with one attached hydrogen (secondary N) is 2. The number of benzene rings is 2. The van der Waals surface area contributed by atoms with Gasteiger partial charge in [-0.05, 0) is 24.3 Å². The quantitative estimate of drug-likeness (QED) is 0.907. The van der Waals surface area contributed by atoms with E-state index in [0.717, 1.165) is 37.6 Å². The van der Waals surface area contributed by atoms with Crippen molar-refractivity contribution in [2.45, 2.75) is 0 Å². The van der Waals surface area contributed by atoms with Gasteiger partial charge in [-0.15, -0.1) is 0 Å². The van der Waals surface area contributed by atoms with Crippen molar-refractivity contribution in [3.05, 3.63) is 60.2 Å². The van der Waals surface area contributed by atoms with Crippen molar-refractivity contribution in [2.75, 3.05) is 36.4 Å². The van der Waals surface area contributed by atoms with E-state index in [2.05, 4.69) is 21.6 Å². The highest BCUT2D eigenvalue weighted by molar-refractivity contribution is 6.05. The largest absolute Gasteiger partial charge is 0.367 e. The molecule has 0 unspecified atom stereocenters. The molecule has 0 saturated carbocycles. The van der Waals surface area contributed by atoms with Gasteiger partial charge in [0.05, 0.1) is 11.4 Å². The average Bonchev–Trinajstić information content (AvgIpc) is 2.57. The van der Waals surface area contributed by atoms with Gasteiger partial charge >= 0.3 is 0 Å². The molecule has 0 spiro atoms. The molecule has 2 aromatic rings. The Morgan fingerprint density at radius 3 is 2.38 bits per heavy atom. The number of carbonyl (C=O) groups is 1. The third kappa shape index (κ3) is 3.23. The summed E-state index contributed by atoms with van der Waals surface area (Å²) >= 11 is 0. The molecule has 1 fully saturated rings. The molecule has 0 radical (unpaired) electrons. The zero-order valence-electron chi connectivity index (χ0n) is 11.9. The molecule has 0 aromatic heterocycles. The Labute approximate surface area is 124 Å². The van der Waals surface area contributed by atoms with Crippen LogP contribution in [-0.2, 0) is 0 Å². The minimum Gasteiger partial charge on any atom is -0.367 e. The van der Waals surface area contributed by atoms with Crippen LogP contribution in [0.4, 0.5) is 11.4 Å². The van der Waals surface area contributed by atoms with E-state index in [1.807, 2.05) is 48.5 Å². The summed E-state index contributed by atoms with van der Waals surface area (Å²) in [4.78, 5) is 14.6. The fraction of sp³-hybridized carbons (Fsp3) is 0.235. The number of hydrogen-bond acceptors (Lipinski definition) is 3. The Morgan fingerprint density at radius 1 is 0.952 bits per heavy atom. The lowest BCUT2D eigenvalue weighted by molar-refractivity contribution is 0.102. The van der Waals surface area contributed by atoms with Crippen LogP contribution >= 0.6 is 0 Å². The summed E-state index contributed by atoms with van der Waals surface area (Å²) < 4.78 is 0. The first-order valence-electron chi connectivity index (χ1n) is 7.26. The molecule has 1 amide bonds. The fourth-order valence-corrected chi connectivity index (χ4v) is 2.54. The maximum absolute atomic E-state index is 12.3. The lowest BCUT2D eigenvalue weighted by Crippen LogP contribution is -2.43. The first-order chi connectivity index (χ1) is 10.3. The number of anilines is 2. The maximum Gasteiger partial charge on any atom is 0.255 e. The molecule has 1 heterocycles. The molecule has 0 aliphatic carbocycles. The van der Waals surface area contributed by atoms with Gasteiger partial charge in [0.25, 0.3) is 5.91 Å². The van der Waals surface area contributed by atoms with Gasteiger partial charge in [0.1, 0.15) is 0 Å². The van der Waals surface area contributed by atoms with Gasteiger partial charge in [-0.1, -0.05) is 30.3 Å². The molecule has 108 valence electrons. The van der Waals surface area contributed by atoms with Gasteiger partial charge in [0.15, 0.2) is 0 Å². The third-order valence-corrected chi connectivity index (χ3v) is 3.65. The Kier molecular flexibility index (Phi) is 4.17. The van der Waals surface area contributed by atoms with Crippen LogP contribution in [0.1, 0.15) is 10.4 Å². The topological polar surface area (TPSA) is 44.4 Å². The second kappa shape index (κ2) is 6.41. The fourth-order valence-electron chi connectivity index (χ4n) is 2.54. The van der Waals surface area contributed by atoms with E-state index in [1.54, 1.807) is 0 Å². The Bertz CT molecular complexity index is 606. The first-order valence-corrected chi connectivity index (χ1v) is 7.26. The van der Waals surface area contributed by atoms with Gasteiger partial charge in [-0.2, -0.15) is 0 Å². The van der Waals surface area contributed by atoms with Crippen molar-refractivity contribution in [1.82, 2.24) is 5.32 Å². The predicted molar refractivity (Wildman–Crippen MR) is 85.9 cm³/mol. The summed E-state index contributed by atoms with van der Waals surface area (Å²) in [6, 6.07) is 17.3. The second-order valence-electron chi connectivity index (χ2n) is 5.07. The van der Waals surface area contributed by atoms with E-state index >= 15 is 0 Å². The molecular formula is C17H19N3O. The average molecular weight is 281 g/mol. The summed E-state index contributed by atoms with van der Waals surface area (Å²) in [5.74, 6) is -0.0711. The van der Waals surface area contributed by atoms with Crippen LogP contribution in [0.2, 0.25) is 0 Å². The molecule has 0 bridgehead atoms. The molecule has 1 saturated heterocycles. The van der Waals surface area contributed by atoms with Gasteiger partial charge < -0.3 is 15.5 Å². The second-order valence-corrected chi connectivity index (χ2v) is 5.07. The number of hydrogen-bond donors (Lipinski definition) is 2. The molecule has 21 heavy (non-hydrogen) atoms. The third-order valence-electron chi connectivity index (χ3n) is 3.65. The van der Waals surface area contributed by atoms with Gasteiger partial charge in [-0.25, -0.2) is 0 Å². The standard InChI is InChI=1S/C17H19N3O/c21-17(14-6-2-1-3-7-14)19-15-8-4-5-9-16(15)20-12-10-18-11-13-20/h1-9,18H,10-13H2,(H,19,21). The smallest absolute Gasteiger partial charge is 0.255 e. The van der Waals surface area contributed by atoms with Crippen LogP contribution in [0.5, 0.6) is 0 Å². The summed E-state index contributed by atoms with van der Waals surface area (Å²) in [6.07, 6.45) is 0. The lowest BCUT2D eigenvalue weighted by Gasteiger charge is -2.31. The molecule has 1 aliphatic heterocycles. The zero-order valence-corrected chi connectivity index (χ0v) is 11.9. The number of nitrogens with zero attached hydrogens (tertiary/aromatic N) is 1. The van der Waals surface area contributed by atoms with Crippen LogP contribution in [0, 0.1) is 0 Å². The number of carbonyl (C=O) groups excluding carboxylic acids is 1. The van der Waals surface area contributed by atoms with Crippen molar-refractivity contribution < 1.29 is 4.79 Å². The van der Waals surface area contributed by atoms with Crippen LogP contribution < -0.4 is 15.5 Å². The Hall–Kier alpha value is -2.33. The minimum absolute atomic E-state index is 0.0711. The van der Waals surface area contributed by atoms with Crippen molar-refractivity contribution >= 4 is 17.3 Å². The Morgan fingerprint density at radius 2 is 1.62 bits per heavy atom. The van der Waals surface area contributed by atoms with E-state index in [-0.39, 0.29) is 5.91 Å². The van der Waals surface area contributed by atoms with E-state index in [9.17, 15) is 4.79 Å². The molecule has 4 nitrogen and oxygen atoms in total. The number of piperazine rings is 1. The highest BCUT2D eigenvalue weighted by Crippen LogP contribution is 2.26. The zero-order chi connectivity index (χ0) is 14.5. The lowest BCUT2D eigenvalue weighted by atomic mass is 10.2. The van der Waals surface area contributed by atoms with Crippen molar-refractivity contribution in [3.8, 4) is 0 Å². The van der Waals surface area contributed by atoms with E-state index in [4.69, 9.17) is 0 Å².